The van der Waals surface area contributed by atoms with E-state index < -0.39 is 0 Å². The first-order chi connectivity index (χ1) is 12.2. The second-order valence-electron chi connectivity index (χ2n) is 6.77. The average Bonchev–Trinajstić information content (AvgIpc) is 2.99. The van der Waals surface area contributed by atoms with Gasteiger partial charge < -0.3 is 9.47 Å². The minimum absolute atomic E-state index is 0.266. The SMILES string of the molecule is COc1cc2c(cc1OC)C1(CCC2)N=C(c2ccccc2)C=C1C. The van der Waals surface area contributed by atoms with Crippen LogP contribution in [0, 0.1) is 0 Å². The van der Waals surface area contributed by atoms with Crippen molar-refractivity contribution < 1.29 is 9.47 Å². The topological polar surface area (TPSA) is 30.8 Å². The summed E-state index contributed by atoms with van der Waals surface area (Å²) in [5.74, 6) is 1.57. The largest absolute Gasteiger partial charge is 0.493 e. The fourth-order valence-electron chi connectivity index (χ4n) is 4.12. The smallest absolute Gasteiger partial charge is 0.161 e. The Kier molecular flexibility index (Phi) is 3.87. The van der Waals surface area contributed by atoms with Crippen molar-refractivity contribution in [2.24, 2.45) is 4.99 Å². The number of ether oxygens (including phenoxy) is 2. The normalized spacial score (nSPS) is 21.6. The maximum Gasteiger partial charge on any atom is 0.161 e. The molecule has 3 nitrogen and oxygen atoms in total. The van der Waals surface area contributed by atoms with Crippen LogP contribution in [0.15, 0.2) is 59.1 Å². The number of aliphatic imine (C=N–C) groups is 1. The second-order valence-corrected chi connectivity index (χ2v) is 6.77. The molecule has 0 radical (unpaired) electrons. The zero-order valence-electron chi connectivity index (χ0n) is 15.0. The highest BCUT2D eigenvalue weighted by Crippen LogP contribution is 2.49. The molecule has 1 unspecified atom stereocenters. The van der Waals surface area contributed by atoms with Gasteiger partial charge in [-0.2, -0.15) is 0 Å². The first-order valence-corrected chi connectivity index (χ1v) is 8.77. The molecule has 0 saturated heterocycles. The predicted octanol–water partition coefficient (Wildman–Crippen LogP) is 4.68. The highest BCUT2D eigenvalue weighted by atomic mass is 16.5. The van der Waals surface area contributed by atoms with Crippen molar-refractivity contribution in [3.05, 3.63) is 70.8 Å². The fourth-order valence-corrected chi connectivity index (χ4v) is 4.12. The van der Waals surface area contributed by atoms with Crippen molar-refractivity contribution in [3.8, 4) is 11.5 Å². The molecule has 128 valence electrons. The Balaban J connectivity index is 1.88. The zero-order chi connectivity index (χ0) is 17.4. The summed E-state index contributed by atoms with van der Waals surface area (Å²) in [5, 5.41) is 0. The lowest BCUT2D eigenvalue weighted by atomic mass is 9.73. The zero-order valence-corrected chi connectivity index (χ0v) is 15.0. The van der Waals surface area contributed by atoms with E-state index in [1.165, 1.54) is 22.3 Å². The summed E-state index contributed by atoms with van der Waals surface area (Å²) in [7, 11) is 3.38. The van der Waals surface area contributed by atoms with E-state index >= 15 is 0 Å². The molecule has 4 rings (SSSR count). The van der Waals surface area contributed by atoms with E-state index in [4.69, 9.17) is 14.5 Å². The van der Waals surface area contributed by atoms with Crippen LogP contribution in [0.5, 0.6) is 11.5 Å². The van der Waals surface area contributed by atoms with Crippen LogP contribution in [-0.2, 0) is 12.0 Å². The van der Waals surface area contributed by atoms with Gasteiger partial charge in [0.1, 0.15) is 5.54 Å². The molecule has 25 heavy (non-hydrogen) atoms. The molecule has 0 amide bonds. The standard InChI is InChI=1S/C22H23NO2/c1-15-12-19(16-8-5-4-6-9-16)23-22(15)11-7-10-17-13-20(24-2)21(25-3)14-18(17)22/h4-6,8-9,12-14H,7,10-11H2,1-3H3. The molecule has 0 saturated carbocycles. The van der Waals surface area contributed by atoms with E-state index in [0.29, 0.717) is 0 Å². The van der Waals surface area contributed by atoms with Crippen LogP contribution in [0.1, 0.15) is 36.5 Å². The van der Waals surface area contributed by atoms with Crippen molar-refractivity contribution in [1.29, 1.82) is 0 Å². The maximum atomic E-state index is 5.56. The Hall–Kier alpha value is -2.55. The highest BCUT2D eigenvalue weighted by Gasteiger charge is 2.41. The van der Waals surface area contributed by atoms with Gasteiger partial charge in [0.25, 0.3) is 0 Å². The van der Waals surface area contributed by atoms with E-state index in [-0.39, 0.29) is 5.54 Å². The van der Waals surface area contributed by atoms with Gasteiger partial charge in [-0.05, 0) is 66.7 Å². The molecule has 0 aromatic heterocycles. The van der Waals surface area contributed by atoms with Crippen LogP contribution in [0.2, 0.25) is 0 Å². The summed E-state index contributed by atoms with van der Waals surface area (Å²) in [4.78, 5) is 5.23. The van der Waals surface area contributed by atoms with Gasteiger partial charge in [0.2, 0.25) is 0 Å². The molecule has 0 N–H and O–H groups in total. The molecule has 1 spiro atoms. The monoisotopic (exact) mass is 333 g/mol. The van der Waals surface area contributed by atoms with Crippen LogP contribution < -0.4 is 9.47 Å². The number of aryl methyl sites for hydroxylation is 1. The van der Waals surface area contributed by atoms with Gasteiger partial charge in [-0.15, -0.1) is 0 Å². The Morgan fingerprint density at radius 1 is 1.00 bits per heavy atom. The summed E-state index contributed by atoms with van der Waals surface area (Å²) in [5.41, 5.74) is 5.86. The average molecular weight is 333 g/mol. The summed E-state index contributed by atoms with van der Waals surface area (Å²) in [6.07, 6.45) is 5.45. The number of fused-ring (bicyclic) bond motifs is 2. The van der Waals surface area contributed by atoms with E-state index in [0.717, 1.165) is 36.5 Å². The third-order valence-electron chi connectivity index (χ3n) is 5.43. The molecule has 1 aliphatic carbocycles. The van der Waals surface area contributed by atoms with Crippen LogP contribution >= 0.6 is 0 Å². The lowest BCUT2D eigenvalue weighted by Gasteiger charge is -2.35. The Morgan fingerprint density at radius 2 is 1.72 bits per heavy atom. The van der Waals surface area contributed by atoms with Gasteiger partial charge in [0.05, 0.1) is 19.9 Å². The summed E-state index contributed by atoms with van der Waals surface area (Å²) in [6, 6.07) is 14.7. The predicted molar refractivity (Wildman–Crippen MR) is 101 cm³/mol. The lowest BCUT2D eigenvalue weighted by Crippen LogP contribution is -2.29. The van der Waals surface area contributed by atoms with Crippen LogP contribution in [0.25, 0.3) is 0 Å². The van der Waals surface area contributed by atoms with Crippen molar-refractivity contribution in [1.82, 2.24) is 0 Å². The number of methoxy groups -OCH3 is 2. The minimum Gasteiger partial charge on any atom is -0.493 e. The van der Waals surface area contributed by atoms with Crippen LogP contribution in [0.4, 0.5) is 0 Å². The first-order valence-electron chi connectivity index (χ1n) is 8.77. The van der Waals surface area contributed by atoms with Crippen molar-refractivity contribution in [2.45, 2.75) is 31.7 Å². The Labute approximate surface area is 149 Å². The molecular formula is C22H23NO2. The molecule has 2 aromatic rings. The first kappa shape index (κ1) is 15.9. The lowest BCUT2D eigenvalue weighted by molar-refractivity contribution is 0.350. The van der Waals surface area contributed by atoms with Gasteiger partial charge in [0.15, 0.2) is 11.5 Å². The number of rotatable bonds is 3. The minimum atomic E-state index is -0.266. The second kappa shape index (κ2) is 6.07. The molecule has 1 heterocycles. The van der Waals surface area contributed by atoms with Gasteiger partial charge in [-0.3, -0.25) is 4.99 Å². The molecule has 1 atom stereocenters. The summed E-state index contributed by atoms with van der Waals surface area (Å²) >= 11 is 0. The molecule has 1 aliphatic heterocycles. The van der Waals surface area contributed by atoms with Crippen LogP contribution in [-0.4, -0.2) is 19.9 Å². The number of hydrogen-bond acceptors (Lipinski definition) is 3. The molecule has 0 bridgehead atoms. The third-order valence-corrected chi connectivity index (χ3v) is 5.43. The van der Waals surface area contributed by atoms with Crippen LogP contribution in [0.3, 0.4) is 0 Å². The quantitative estimate of drug-likeness (QED) is 0.816. The van der Waals surface area contributed by atoms with E-state index in [1.807, 2.05) is 6.07 Å². The molecule has 2 aliphatic rings. The third kappa shape index (κ3) is 2.46. The van der Waals surface area contributed by atoms with E-state index in [2.05, 4.69) is 49.4 Å². The highest BCUT2D eigenvalue weighted by molar-refractivity contribution is 6.11. The Bertz CT molecular complexity index is 867. The van der Waals surface area contributed by atoms with Crippen molar-refractivity contribution >= 4 is 5.71 Å². The molecule has 0 fully saturated rings. The number of allylic oxidation sites excluding steroid dienone is 1. The number of nitrogens with zero attached hydrogens (tertiary/aromatic N) is 1. The molecule has 3 heteroatoms. The maximum absolute atomic E-state index is 5.56. The van der Waals surface area contributed by atoms with Gasteiger partial charge in [0, 0.05) is 0 Å². The van der Waals surface area contributed by atoms with E-state index in [1.54, 1.807) is 14.2 Å². The number of hydrogen-bond donors (Lipinski definition) is 0. The van der Waals surface area contributed by atoms with Crippen molar-refractivity contribution in [3.63, 3.8) is 0 Å². The van der Waals surface area contributed by atoms with Crippen molar-refractivity contribution in [2.75, 3.05) is 14.2 Å². The molecular weight excluding hydrogens is 310 g/mol. The van der Waals surface area contributed by atoms with Gasteiger partial charge in [-0.1, -0.05) is 30.3 Å². The Morgan fingerprint density at radius 3 is 2.44 bits per heavy atom. The van der Waals surface area contributed by atoms with Gasteiger partial charge in [-0.25, -0.2) is 0 Å². The number of benzene rings is 2. The molecule has 2 aromatic carbocycles. The van der Waals surface area contributed by atoms with Gasteiger partial charge >= 0.3 is 0 Å². The fraction of sp³-hybridized carbons (Fsp3) is 0.318. The van der Waals surface area contributed by atoms with E-state index in [9.17, 15) is 0 Å². The summed E-state index contributed by atoms with van der Waals surface area (Å²) in [6.45, 7) is 2.20. The summed E-state index contributed by atoms with van der Waals surface area (Å²) < 4.78 is 11.1.